The maximum Gasteiger partial charge on any atom is 0.407 e. The minimum Gasteiger partial charge on any atom is -0.481 e. The Morgan fingerprint density at radius 3 is 1.03 bits per heavy atom. The molecule has 2 aliphatic heterocycles. The van der Waals surface area contributed by atoms with Gasteiger partial charge in [0.2, 0.25) is 35.4 Å². The predicted molar refractivity (Wildman–Crippen MR) is 448 cm³/mol. The van der Waals surface area contributed by atoms with E-state index >= 15 is 0 Å². The van der Waals surface area contributed by atoms with Crippen molar-refractivity contribution >= 4 is 83.4 Å². The quantitative estimate of drug-likeness (QED) is 0.0187. The number of nitrogens with one attached hydrogen (secondary N) is 5. The van der Waals surface area contributed by atoms with E-state index in [1.807, 2.05) is 84.9 Å². The number of ether oxygens (including phenoxy) is 6. The average molecular weight is 1660 g/mol. The van der Waals surface area contributed by atoms with E-state index in [9.17, 15) is 72.2 Å². The Labute approximate surface area is 695 Å². The second-order valence-electron chi connectivity index (χ2n) is 31.1. The Morgan fingerprint density at radius 1 is 0.432 bits per heavy atom. The van der Waals surface area contributed by atoms with Crippen LogP contribution in [0.2, 0.25) is 0 Å². The number of carbonyl (C=O) groups is 14. The van der Waals surface area contributed by atoms with Gasteiger partial charge in [-0.15, -0.1) is 0 Å². The highest BCUT2D eigenvalue weighted by atomic mass is 16.6. The topological polar surface area (TPSA) is 480 Å². The summed E-state index contributed by atoms with van der Waals surface area (Å²) in [6, 6.07) is 27.9. The van der Waals surface area contributed by atoms with Gasteiger partial charge in [0, 0.05) is 91.0 Å². The van der Waals surface area contributed by atoms with Gasteiger partial charge in [-0.25, -0.2) is 14.4 Å². The van der Waals surface area contributed by atoms with Gasteiger partial charge in [-0.1, -0.05) is 119 Å². The highest BCUT2D eigenvalue weighted by molar-refractivity contribution is 5.90. The molecule has 13 N–H and O–H groups in total. The van der Waals surface area contributed by atoms with E-state index in [0.717, 1.165) is 50.9 Å². The smallest absolute Gasteiger partial charge is 0.407 e. The number of fused-ring (bicyclic) bond motifs is 6. The second-order valence-corrected chi connectivity index (χ2v) is 31.1. The number of hydrogen-bond donors (Lipinski definition) is 10. The molecule has 0 spiro atoms. The van der Waals surface area contributed by atoms with Crippen molar-refractivity contribution in [1.82, 2.24) is 36.4 Å². The Hall–Kier alpha value is -11.0. The largest absolute Gasteiger partial charge is 0.481 e. The van der Waals surface area contributed by atoms with Gasteiger partial charge in [0.15, 0.2) is 0 Å². The summed E-state index contributed by atoms with van der Waals surface area (Å²) in [5.41, 5.74) is 21.7. The monoisotopic (exact) mass is 1660 g/mol. The van der Waals surface area contributed by atoms with Gasteiger partial charge in [0.25, 0.3) is 0 Å². The summed E-state index contributed by atoms with van der Waals surface area (Å²) >= 11 is 0. The molecule has 118 heavy (non-hydrogen) atoms. The molecule has 8 rings (SSSR count). The number of likely N-dealkylation sites (N-methyl/N-ethyl adjacent to an activating group) is 3. The molecule has 0 aromatic heterocycles. The van der Waals surface area contributed by atoms with E-state index < -0.39 is 100 Å². The molecule has 0 unspecified atom stereocenters. The lowest BCUT2D eigenvalue weighted by Crippen LogP contribution is -2.46. The van der Waals surface area contributed by atoms with Crippen molar-refractivity contribution in [1.29, 1.82) is 0 Å². The van der Waals surface area contributed by atoms with Gasteiger partial charge in [-0.05, 0) is 180 Å². The summed E-state index contributed by atoms with van der Waals surface area (Å²) < 4.78 is 31.6. The van der Waals surface area contributed by atoms with Gasteiger partial charge >= 0.3 is 48.0 Å². The molecule has 0 bridgehead atoms. The molecule has 8 amide bonds. The van der Waals surface area contributed by atoms with Crippen molar-refractivity contribution < 1.29 is 106 Å². The molecule has 32 heteroatoms. The minimum atomic E-state index is -1.25. The summed E-state index contributed by atoms with van der Waals surface area (Å²) in [7, 11) is 6.02. The van der Waals surface area contributed by atoms with Gasteiger partial charge in [-0.2, -0.15) is 0 Å². The molecule has 658 valence electrons. The van der Waals surface area contributed by atoms with Crippen LogP contribution >= 0.6 is 0 Å². The third-order valence-electron chi connectivity index (χ3n) is 17.4. The number of benzene rings is 4. The van der Waals surface area contributed by atoms with Crippen molar-refractivity contribution in [3.63, 3.8) is 0 Å². The molecule has 0 saturated carbocycles. The first-order valence-corrected chi connectivity index (χ1v) is 38.3. The van der Waals surface area contributed by atoms with Crippen LogP contribution < -0.4 is 43.8 Å². The molecule has 2 aliphatic carbocycles. The number of primary amides is 1. The lowest BCUT2D eigenvalue weighted by Gasteiger charge is -2.26. The van der Waals surface area contributed by atoms with Gasteiger partial charge in [0.1, 0.15) is 59.8 Å². The Kier molecular flexibility index (Phi) is 46.5. The zero-order valence-electron chi connectivity index (χ0n) is 69.2. The lowest BCUT2D eigenvalue weighted by molar-refractivity contribution is -0.156. The Balaban J connectivity index is 0.00000148. The molecule has 4 aliphatic rings. The van der Waals surface area contributed by atoms with Gasteiger partial charge in [0.05, 0.1) is 6.04 Å². The van der Waals surface area contributed by atoms with Crippen LogP contribution in [0.4, 0.5) is 9.59 Å². The van der Waals surface area contributed by atoms with E-state index in [-0.39, 0.29) is 134 Å². The fourth-order valence-corrected chi connectivity index (χ4v) is 12.5. The number of carboxylic acid groups (broad SMARTS) is 2. The molecular weight excluding hydrogens is 1520 g/mol. The number of likely N-dealkylation sites (tertiary alicyclic amines) is 2. The first-order valence-electron chi connectivity index (χ1n) is 38.3. The zero-order chi connectivity index (χ0) is 86.7. The van der Waals surface area contributed by atoms with E-state index in [1.165, 1.54) is 33.1 Å². The summed E-state index contributed by atoms with van der Waals surface area (Å²) in [6.07, 6.45) is 1.52. The number of hydrogen-bond acceptors (Lipinski definition) is 22. The Bertz CT molecular complexity index is 3880. The first-order chi connectivity index (χ1) is 53.9. The fraction of sp³-hybridized carbons (Fsp3) is 0.558. The molecule has 4 aromatic rings. The number of amides is 8. The zero-order valence-corrected chi connectivity index (χ0v) is 69.2. The number of nitrogens with two attached hydrogens (primary N) is 3. The SMILES string of the molecule is C.C.C.CC(C)(C)OC(=O)CC[C@H](NC(=O)OCC1c2ccccc2-c2ccccc21)C(=O)O.CN.CNC(=O)[C@@H](N)CCC(=O)OC(C)(C)C.CNC(=O)[C@H](CCC(=O)OC(C)(C)C)N1CCCC1=O.CNC(=O)[C@H](CCC(=O)OC(C)(C)C)NC(=O)OCC1c2ccccc2-c2ccccc21.NC(=O)[C@H](CCC(=O)O)N1CCCC1=O. The minimum absolute atomic E-state index is 0. The van der Waals surface area contributed by atoms with Crippen molar-refractivity contribution in [2.75, 3.05) is 54.5 Å². The Morgan fingerprint density at radius 2 is 0.729 bits per heavy atom. The maximum atomic E-state index is 12.5. The molecule has 32 nitrogen and oxygen atoms in total. The molecular formula is C86H132N10O22. The standard InChI is InChI=1S/C25H30N2O5.C24H27NO6.C14H24N2O4.C10H20N2O3.C9H14N2O4.CH5N.3CH4/c1-25(2,3)32-22(28)14-13-21(23(29)26-4)27-24(30)31-15-20-18-11-7-5-9-16(18)17-10-6-8-12-19(17)20;1-24(2,3)31-21(26)13-12-20(22(27)28)25-23(29)30-14-19-17-10-6-4-8-15(17)16-9-5-7-11-18(16)19;1-14(2,3)20-12(18)8-7-10(13(19)15-4)16-9-5-6-11(16)17;1-10(2,3)15-8(13)6-5-7(11)9(14)12-4;10-9(15)6(3-4-8(13)14)11-5-1-2-7(11)12;1-2;;;/h5-12,20-21H,13-15H2,1-4H3,(H,26,29)(H,27,30);4-11,19-20H,12-14H2,1-3H3,(H,25,29)(H,27,28);10H,5-9H2,1-4H3,(H,15,19);7H,5-6,11H2,1-4H3,(H,12,14);6H,1-5H2,(H2,10,15)(H,13,14);2H2,1H3;3*1H4/t21-;20-;10-;7-;6-;;;;/m00000..../s1. The van der Waals surface area contributed by atoms with Crippen LogP contribution in [-0.4, -0.2) is 211 Å². The van der Waals surface area contributed by atoms with Crippen LogP contribution in [0.3, 0.4) is 0 Å². The van der Waals surface area contributed by atoms with E-state index in [1.54, 1.807) is 88.0 Å². The van der Waals surface area contributed by atoms with Crippen molar-refractivity contribution in [3.05, 3.63) is 119 Å². The molecule has 5 atom stereocenters. The van der Waals surface area contributed by atoms with Crippen molar-refractivity contribution in [3.8, 4) is 22.3 Å². The van der Waals surface area contributed by atoms with Crippen LogP contribution in [0.5, 0.6) is 0 Å². The third kappa shape index (κ3) is 37.5. The molecule has 2 saturated heterocycles. The van der Waals surface area contributed by atoms with E-state index in [2.05, 4.69) is 44.5 Å². The van der Waals surface area contributed by atoms with Gasteiger partial charge in [-0.3, -0.25) is 52.7 Å². The highest BCUT2D eigenvalue weighted by Crippen LogP contribution is 2.46. The number of carboxylic acids is 2. The number of alkyl carbamates (subject to hydrolysis) is 2. The number of carbonyl (C=O) groups excluding carboxylic acids is 12. The van der Waals surface area contributed by atoms with Crippen molar-refractivity contribution in [2.24, 2.45) is 17.2 Å². The normalized spacial score (nSPS) is 14.1. The van der Waals surface area contributed by atoms with Crippen LogP contribution in [-0.2, 0) is 86.0 Å². The van der Waals surface area contributed by atoms with Crippen molar-refractivity contribution in [2.45, 2.75) is 260 Å². The lowest BCUT2D eigenvalue weighted by atomic mass is 9.98. The second kappa shape index (κ2) is 51.2. The molecule has 2 heterocycles. The number of aliphatic carboxylic acids is 2. The number of nitrogens with zero attached hydrogens (tertiary/aromatic N) is 2. The number of esters is 4. The van der Waals surface area contributed by atoms with E-state index in [4.69, 9.17) is 45.0 Å². The summed E-state index contributed by atoms with van der Waals surface area (Å²) in [6.45, 7) is 22.6. The average Bonchev–Trinajstić information content (AvgIpc) is 1.62. The number of rotatable bonds is 28. The fourth-order valence-electron chi connectivity index (χ4n) is 12.5. The highest BCUT2D eigenvalue weighted by Gasteiger charge is 2.37. The summed E-state index contributed by atoms with van der Waals surface area (Å²) in [5, 5.41) is 30.3. The van der Waals surface area contributed by atoms with Crippen LogP contribution in [0, 0.1) is 0 Å². The summed E-state index contributed by atoms with van der Waals surface area (Å²) in [5.74, 6) is -5.74. The van der Waals surface area contributed by atoms with Crippen LogP contribution in [0.25, 0.3) is 22.3 Å². The predicted octanol–water partition coefficient (Wildman–Crippen LogP) is 9.70. The maximum absolute atomic E-state index is 12.5. The molecule has 2 fully saturated rings. The van der Waals surface area contributed by atoms with Gasteiger partial charge < -0.3 is 92.2 Å². The first kappa shape index (κ1) is 107. The molecule has 0 radical (unpaired) electrons. The van der Waals surface area contributed by atoms with E-state index in [0.29, 0.717) is 45.2 Å². The van der Waals surface area contributed by atoms with Crippen LogP contribution in [0.1, 0.15) is 229 Å². The molecule has 4 aromatic carbocycles. The summed E-state index contributed by atoms with van der Waals surface area (Å²) in [4.78, 5) is 166. The third-order valence-corrected chi connectivity index (χ3v) is 17.4. The van der Waals surface area contributed by atoms with Crippen LogP contribution in [0.15, 0.2) is 97.1 Å².